The average molecular weight is 366 g/mol. The lowest BCUT2D eigenvalue weighted by molar-refractivity contribution is -0.132. The zero-order valence-corrected chi connectivity index (χ0v) is 15.4. The van der Waals surface area contributed by atoms with Crippen LogP contribution in [0.15, 0.2) is 24.5 Å². The zero-order chi connectivity index (χ0) is 17.3. The molecule has 0 spiro atoms. The monoisotopic (exact) mass is 365 g/mol. The standard InChI is InChI=1S/C18H21Cl2N3O/c1-12(14-8-7-13(19)9-15(14)20)22(2)18(24)10-23-11-21-16-5-3-4-6-17(16)23/h7-9,11-12H,3-6,10H2,1-2H3. The molecule has 0 saturated heterocycles. The van der Waals surface area contributed by atoms with Crippen LogP contribution in [0.25, 0.3) is 0 Å². The molecule has 6 heteroatoms. The van der Waals surface area contributed by atoms with E-state index in [-0.39, 0.29) is 11.9 Å². The summed E-state index contributed by atoms with van der Waals surface area (Å²) in [5.41, 5.74) is 3.25. The van der Waals surface area contributed by atoms with Crippen molar-refractivity contribution >= 4 is 29.1 Å². The lowest BCUT2D eigenvalue weighted by Crippen LogP contribution is -2.33. The van der Waals surface area contributed by atoms with E-state index in [0.717, 1.165) is 24.1 Å². The van der Waals surface area contributed by atoms with Gasteiger partial charge in [0.15, 0.2) is 0 Å². The Bertz CT molecular complexity index is 757. The van der Waals surface area contributed by atoms with Gasteiger partial charge in [0, 0.05) is 22.8 Å². The van der Waals surface area contributed by atoms with E-state index in [2.05, 4.69) is 4.98 Å². The SMILES string of the molecule is CC(c1ccc(Cl)cc1Cl)N(C)C(=O)Cn1cnc2c1CCCC2. The minimum absolute atomic E-state index is 0.0410. The van der Waals surface area contributed by atoms with E-state index in [9.17, 15) is 4.79 Å². The van der Waals surface area contributed by atoms with Crippen LogP contribution in [0.1, 0.15) is 42.8 Å². The molecule has 0 fully saturated rings. The van der Waals surface area contributed by atoms with E-state index in [1.807, 2.05) is 17.6 Å². The molecular weight excluding hydrogens is 345 g/mol. The molecule has 24 heavy (non-hydrogen) atoms. The molecule has 128 valence electrons. The molecule has 0 bridgehead atoms. The van der Waals surface area contributed by atoms with Crippen molar-refractivity contribution < 1.29 is 4.79 Å². The minimum Gasteiger partial charge on any atom is -0.337 e. The van der Waals surface area contributed by atoms with E-state index >= 15 is 0 Å². The van der Waals surface area contributed by atoms with Crippen LogP contribution in [0.3, 0.4) is 0 Å². The summed E-state index contributed by atoms with van der Waals surface area (Å²) in [6.07, 6.45) is 6.17. The highest BCUT2D eigenvalue weighted by molar-refractivity contribution is 6.35. The Kier molecular flexibility index (Phi) is 5.16. The van der Waals surface area contributed by atoms with Gasteiger partial charge in [-0.15, -0.1) is 0 Å². The highest BCUT2D eigenvalue weighted by atomic mass is 35.5. The van der Waals surface area contributed by atoms with Gasteiger partial charge in [-0.1, -0.05) is 29.3 Å². The zero-order valence-electron chi connectivity index (χ0n) is 13.9. The van der Waals surface area contributed by atoms with Crippen molar-refractivity contribution in [3.8, 4) is 0 Å². The summed E-state index contributed by atoms with van der Waals surface area (Å²) < 4.78 is 1.99. The third kappa shape index (κ3) is 3.45. The smallest absolute Gasteiger partial charge is 0.242 e. The fourth-order valence-corrected chi connectivity index (χ4v) is 3.76. The Balaban J connectivity index is 1.73. The number of likely N-dealkylation sites (N-methyl/N-ethyl adjacent to an activating group) is 1. The van der Waals surface area contributed by atoms with Gasteiger partial charge in [-0.3, -0.25) is 4.79 Å². The summed E-state index contributed by atoms with van der Waals surface area (Å²) in [5, 5.41) is 1.17. The first-order valence-corrected chi connectivity index (χ1v) is 8.96. The number of carbonyl (C=O) groups excluding carboxylic acids is 1. The van der Waals surface area contributed by atoms with Gasteiger partial charge in [-0.25, -0.2) is 4.98 Å². The molecule has 1 aromatic carbocycles. The van der Waals surface area contributed by atoms with Crippen LogP contribution in [0, 0.1) is 0 Å². The van der Waals surface area contributed by atoms with E-state index in [4.69, 9.17) is 23.2 Å². The molecule has 1 aliphatic rings. The van der Waals surface area contributed by atoms with Gasteiger partial charge in [-0.05, 0) is 50.3 Å². The number of amides is 1. The molecular formula is C18H21Cl2N3O. The maximum atomic E-state index is 12.7. The van der Waals surface area contributed by atoms with E-state index < -0.39 is 0 Å². The van der Waals surface area contributed by atoms with Crippen molar-refractivity contribution in [2.24, 2.45) is 0 Å². The van der Waals surface area contributed by atoms with Crippen molar-refractivity contribution in [3.63, 3.8) is 0 Å². The summed E-state index contributed by atoms with van der Waals surface area (Å²) in [6.45, 7) is 2.28. The van der Waals surface area contributed by atoms with Crippen LogP contribution in [-0.2, 0) is 24.2 Å². The summed E-state index contributed by atoms with van der Waals surface area (Å²) >= 11 is 12.2. The Labute approximate surface area is 152 Å². The number of benzene rings is 1. The highest BCUT2D eigenvalue weighted by Crippen LogP contribution is 2.29. The first-order valence-electron chi connectivity index (χ1n) is 8.21. The third-order valence-electron chi connectivity index (χ3n) is 4.80. The van der Waals surface area contributed by atoms with Crippen LogP contribution < -0.4 is 0 Å². The molecule has 2 aromatic rings. The van der Waals surface area contributed by atoms with E-state index in [1.165, 1.54) is 18.5 Å². The highest BCUT2D eigenvalue weighted by Gasteiger charge is 2.22. The Morgan fingerprint density at radius 2 is 2.08 bits per heavy atom. The van der Waals surface area contributed by atoms with Gasteiger partial charge < -0.3 is 9.47 Å². The average Bonchev–Trinajstić information content (AvgIpc) is 2.97. The first-order chi connectivity index (χ1) is 11.5. The lowest BCUT2D eigenvalue weighted by atomic mass is 10.0. The van der Waals surface area contributed by atoms with Crippen LogP contribution in [0.5, 0.6) is 0 Å². The van der Waals surface area contributed by atoms with Gasteiger partial charge in [-0.2, -0.15) is 0 Å². The van der Waals surface area contributed by atoms with Crippen LogP contribution in [0.4, 0.5) is 0 Å². The number of imidazole rings is 1. The predicted octanol–water partition coefficient (Wildman–Crippen LogP) is 4.29. The molecule has 4 nitrogen and oxygen atoms in total. The fraction of sp³-hybridized carbons (Fsp3) is 0.444. The fourth-order valence-electron chi connectivity index (χ4n) is 3.19. The molecule has 1 aromatic heterocycles. The summed E-state index contributed by atoms with van der Waals surface area (Å²) in [6, 6.07) is 5.25. The van der Waals surface area contributed by atoms with Crippen LogP contribution in [-0.4, -0.2) is 27.4 Å². The summed E-state index contributed by atoms with van der Waals surface area (Å²) in [7, 11) is 1.81. The maximum absolute atomic E-state index is 12.7. The number of fused-ring (bicyclic) bond motifs is 1. The summed E-state index contributed by atoms with van der Waals surface area (Å²) in [4.78, 5) is 18.9. The number of hydrogen-bond donors (Lipinski definition) is 0. The number of nitrogens with zero attached hydrogens (tertiary/aromatic N) is 3. The summed E-state index contributed by atoms with van der Waals surface area (Å²) in [5.74, 6) is 0.0410. The van der Waals surface area contributed by atoms with Crippen LogP contribution >= 0.6 is 23.2 Å². The number of hydrogen-bond acceptors (Lipinski definition) is 2. The predicted molar refractivity (Wildman–Crippen MR) is 96.5 cm³/mol. The molecule has 1 atom stereocenters. The van der Waals surface area contributed by atoms with Gasteiger partial charge in [0.05, 0.1) is 18.1 Å². The van der Waals surface area contributed by atoms with Gasteiger partial charge in [0.25, 0.3) is 0 Å². The molecule has 0 saturated carbocycles. The molecule has 0 radical (unpaired) electrons. The minimum atomic E-state index is -0.124. The molecule has 0 N–H and O–H groups in total. The second-order valence-electron chi connectivity index (χ2n) is 6.32. The Morgan fingerprint density at radius 1 is 1.33 bits per heavy atom. The van der Waals surface area contributed by atoms with Crippen molar-refractivity contribution in [2.75, 3.05) is 7.05 Å². The largest absolute Gasteiger partial charge is 0.337 e. The lowest BCUT2D eigenvalue weighted by Gasteiger charge is -2.27. The second kappa shape index (κ2) is 7.16. The van der Waals surface area contributed by atoms with Gasteiger partial charge in [0.2, 0.25) is 5.91 Å². The van der Waals surface area contributed by atoms with Crippen molar-refractivity contribution in [3.05, 3.63) is 51.5 Å². The van der Waals surface area contributed by atoms with Gasteiger partial charge >= 0.3 is 0 Å². The third-order valence-corrected chi connectivity index (χ3v) is 5.36. The molecule has 3 rings (SSSR count). The van der Waals surface area contributed by atoms with Crippen molar-refractivity contribution in [2.45, 2.75) is 45.2 Å². The van der Waals surface area contributed by atoms with Crippen molar-refractivity contribution in [1.29, 1.82) is 0 Å². The van der Waals surface area contributed by atoms with Gasteiger partial charge in [0.1, 0.15) is 6.54 Å². The number of aryl methyl sites for hydroxylation is 1. The molecule has 1 amide bonds. The van der Waals surface area contributed by atoms with Crippen LogP contribution in [0.2, 0.25) is 10.0 Å². The van der Waals surface area contributed by atoms with E-state index in [1.54, 1.807) is 30.4 Å². The first kappa shape index (κ1) is 17.3. The Hall–Kier alpha value is -1.52. The molecule has 1 unspecified atom stereocenters. The number of aromatic nitrogens is 2. The van der Waals surface area contributed by atoms with E-state index in [0.29, 0.717) is 16.6 Å². The number of rotatable bonds is 4. The number of carbonyl (C=O) groups is 1. The quantitative estimate of drug-likeness (QED) is 0.810. The normalized spacial score (nSPS) is 15.0. The maximum Gasteiger partial charge on any atom is 0.242 e. The Morgan fingerprint density at radius 3 is 2.83 bits per heavy atom. The second-order valence-corrected chi connectivity index (χ2v) is 7.16. The van der Waals surface area contributed by atoms with Crippen molar-refractivity contribution in [1.82, 2.24) is 14.5 Å². The number of halogens is 2. The topological polar surface area (TPSA) is 38.1 Å². The molecule has 0 aliphatic heterocycles. The molecule has 1 aliphatic carbocycles. The molecule has 1 heterocycles.